The Kier molecular flexibility index (Phi) is 12.3. The van der Waals surface area contributed by atoms with Crippen molar-refractivity contribution in [3.8, 4) is 5.69 Å². The first-order valence-corrected chi connectivity index (χ1v) is 15.8. The van der Waals surface area contributed by atoms with E-state index < -0.39 is 23.5 Å². The number of ether oxygens (including phenoxy) is 1. The monoisotopic (exact) mass is 698 g/mol. The summed E-state index contributed by atoms with van der Waals surface area (Å²) in [4.78, 5) is 56.0. The Hall–Kier alpha value is -4.76. The number of hydrogen-bond donors (Lipinski definition) is 2. The van der Waals surface area contributed by atoms with Gasteiger partial charge in [0.25, 0.3) is 12.3 Å². The van der Waals surface area contributed by atoms with Gasteiger partial charge in [-0.05, 0) is 79.2 Å². The number of imidazole rings is 1. The molecule has 1 saturated heterocycles. The predicted octanol–water partition coefficient (Wildman–Crippen LogP) is 6.02. The smallest absolute Gasteiger partial charge is 0.272 e. The molecule has 2 aromatic heterocycles. The first kappa shape index (κ1) is 36.1. The van der Waals surface area contributed by atoms with E-state index >= 15 is 0 Å². The SMILES string of the molecule is C=CC(=O)Cl.C=CC(=O)Nc1cccc(-n2c(NC(=O)c3ccc(C(F)F)s3)nc3cc(N(C)C(=O)[C@H](C)N4CCOCC4)ccc32)c1. The molecule has 11 nitrogen and oxygen atoms in total. The van der Waals surface area contributed by atoms with Gasteiger partial charge < -0.3 is 15.0 Å². The number of nitrogens with zero attached hydrogens (tertiary/aromatic N) is 4. The van der Waals surface area contributed by atoms with E-state index in [2.05, 4.69) is 33.7 Å². The third-order valence-corrected chi connectivity index (χ3v) is 8.56. The number of halogens is 3. The fourth-order valence-electron chi connectivity index (χ4n) is 4.82. The van der Waals surface area contributed by atoms with Crippen LogP contribution in [0.2, 0.25) is 0 Å². The van der Waals surface area contributed by atoms with E-state index in [0.29, 0.717) is 65.7 Å². The summed E-state index contributed by atoms with van der Waals surface area (Å²) in [5.74, 6) is -0.951. The lowest BCUT2D eigenvalue weighted by atomic mass is 10.2. The van der Waals surface area contributed by atoms with Gasteiger partial charge in [0.15, 0.2) is 0 Å². The van der Waals surface area contributed by atoms with Crippen LogP contribution in [0.1, 0.15) is 27.9 Å². The maximum absolute atomic E-state index is 13.3. The molecule has 0 spiro atoms. The first-order valence-electron chi connectivity index (χ1n) is 14.6. The number of anilines is 3. The van der Waals surface area contributed by atoms with Crippen LogP contribution in [0.5, 0.6) is 0 Å². The molecule has 4 aromatic rings. The molecule has 1 atom stereocenters. The molecule has 48 heavy (non-hydrogen) atoms. The summed E-state index contributed by atoms with van der Waals surface area (Å²) < 4.78 is 33.4. The molecular weight excluding hydrogens is 666 g/mol. The number of hydrogen-bond acceptors (Lipinski definition) is 8. The van der Waals surface area contributed by atoms with Crippen molar-refractivity contribution in [3.05, 3.63) is 89.7 Å². The summed E-state index contributed by atoms with van der Waals surface area (Å²) in [6.45, 7) is 10.9. The number of thiophene rings is 1. The second kappa shape index (κ2) is 16.4. The molecule has 0 bridgehead atoms. The molecule has 3 heterocycles. The third kappa shape index (κ3) is 8.77. The Morgan fingerprint density at radius 1 is 1.04 bits per heavy atom. The van der Waals surface area contributed by atoms with E-state index in [1.807, 2.05) is 6.92 Å². The highest BCUT2D eigenvalue weighted by Gasteiger charge is 2.27. The highest BCUT2D eigenvalue weighted by molar-refractivity contribution is 7.14. The van der Waals surface area contributed by atoms with Crippen molar-refractivity contribution in [2.75, 3.05) is 48.9 Å². The van der Waals surface area contributed by atoms with Gasteiger partial charge in [-0.3, -0.25) is 34.0 Å². The lowest BCUT2D eigenvalue weighted by Gasteiger charge is -2.33. The Morgan fingerprint density at radius 3 is 2.38 bits per heavy atom. The van der Waals surface area contributed by atoms with Crippen LogP contribution >= 0.6 is 22.9 Å². The molecule has 0 unspecified atom stereocenters. The van der Waals surface area contributed by atoms with E-state index in [9.17, 15) is 28.0 Å². The molecular formula is C33H33ClF2N6O5S. The maximum Gasteiger partial charge on any atom is 0.272 e. The van der Waals surface area contributed by atoms with Crippen molar-refractivity contribution in [1.82, 2.24) is 14.5 Å². The number of carbonyl (C=O) groups is 4. The molecule has 2 N–H and O–H groups in total. The van der Waals surface area contributed by atoms with Crippen LogP contribution in [0.25, 0.3) is 16.7 Å². The zero-order valence-corrected chi connectivity index (χ0v) is 27.7. The van der Waals surface area contributed by atoms with Crippen LogP contribution < -0.4 is 15.5 Å². The zero-order valence-electron chi connectivity index (χ0n) is 26.1. The van der Waals surface area contributed by atoms with Crippen LogP contribution in [-0.2, 0) is 19.1 Å². The molecule has 15 heteroatoms. The van der Waals surface area contributed by atoms with Crippen LogP contribution in [-0.4, -0.2) is 76.8 Å². The number of aromatic nitrogens is 2. The van der Waals surface area contributed by atoms with E-state index in [0.717, 1.165) is 12.2 Å². The van der Waals surface area contributed by atoms with Gasteiger partial charge in [-0.25, -0.2) is 13.8 Å². The van der Waals surface area contributed by atoms with Gasteiger partial charge in [0, 0.05) is 31.5 Å². The molecule has 1 aliphatic heterocycles. The van der Waals surface area contributed by atoms with Crippen LogP contribution in [0.3, 0.4) is 0 Å². The standard InChI is InChI=1S/C30H30F2N6O4S.C3H3ClO/c1-4-26(39)33-19-6-5-7-21(16-19)38-23-9-8-20(36(3)29(41)18(2)37-12-14-42-15-13-37)17-22(23)34-30(38)35-28(40)25-11-10-24(43-25)27(31)32;1-2-3(4)5/h4-11,16-18,27H,1,12-15H2,2-3H3,(H,33,39)(H,34,35,40);2H,1H2/t18-;/m0./s1. The number of fused-ring (bicyclic) bond motifs is 1. The molecule has 3 amide bonds. The van der Waals surface area contributed by atoms with Crippen molar-refractivity contribution in [2.45, 2.75) is 19.4 Å². The minimum Gasteiger partial charge on any atom is -0.379 e. The Labute approximate surface area is 284 Å². The van der Waals surface area contributed by atoms with Crippen LogP contribution in [0, 0.1) is 0 Å². The van der Waals surface area contributed by atoms with Gasteiger partial charge in [-0.1, -0.05) is 19.2 Å². The minimum atomic E-state index is -2.69. The van der Waals surface area contributed by atoms with E-state index in [1.165, 1.54) is 12.1 Å². The normalized spacial score (nSPS) is 13.6. The summed E-state index contributed by atoms with van der Waals surface area (Å²) in [6, 6.07) is 14.4. The maximum atomic E-state index is 13.3. The van der Waals surface area contributed by atoms with Crippen molar-refractivity contribution >= 4 is 74.3 Å². The number of morpholine rings is 1. The average molecular weight is 699 g/mol. The molecule has 0 aliphatic carbocycles. The Bertz CT molecular complexity index is 1840. The van der Waals surface area contributed by atoms with Gasteiger partial charge in [0.2, 0.25) is 23.0 Å². The number of nitrogens with one attached hydrogen (secondary N) is 2. The number of likely N-dealkylation sites (N-methyl/N-ethyl adjacent to an activating group) is 1. The second-order valence-corrected chi connectivity index (χ2v) is 11.9. The molecule has 252 valence electrons. The van der Waals surface area contributed by atoms with Crippen LogP contribution in [0.4, 0.5) is 26.1 Å². The average Bonchev–Trinajstić information content (AvgIpc) is 3.73. The van der Waals surface area contributed by atoms with Gasteiger partial charge >= 0.3 is 0 Å². The van der Waals surface area contributed by atoms with E-state index in [1.54, 1.807) is 59.0 Å². The lowest BCUT2D eigenvalue weighted by Crippen LogP contribution is -2.50. The predicted molar refractivity (Wildman–Crippen MR) is 183 cm³/mol. The highest BCUT2D eigenvalue weighted by atomic mass is 35.5. The minimum absolute atomic E-state index is 0.0904. The first-order chi connectivity index (χ1) is 22.9. The van der Waals surface area contributed by atoms with E-state index in [4.69, 9.17) is 16.3 Å². The summed E-state index contributed by atoms with van der Waals surface area (Å²) in [6.07, 6.45) is -0.492. The fourth-order valence-corrected chi connectivity index (χ4v) is 5.58. The van der Waals surface area contributed by atoms with Crippen molar-refractivity contribution in [3.63, 3.8) is 0 Å². The number of rotatable bonds is 10. The Balaban J connectivity index is 0.000000968. The fraction of sp³-hybridized carbons (Fsp3) is 0.242. The summed E-state index contributed by atoms with van der Waals surface area (Å²) in [5.41, 5.74) is 2.74. The number of alkyl halides is 2. The largest absolute Gasteiger partial charge is 0.379 e. The number of benzene rings is 2. The van der Waals surface area contributed by atoms with Crippen molar-refractivity contribution < 1.29 is 32.7 Å². The topological polar surface area (TPSA) is 126 Å². The van der Waals surface area contributed by atoms with Crippen molar-refractivity contribution in [1.29, 1.82) is 0 Å². The van der Waals surface area contributed by atoms with Crippen molar-refractivity contribution in [2.24, 2.45) is 0 Å². The number of carbonyl (C=O) groups excluding carboxylic acids is 4. The molecule has 2 aromatic carbocycles. The second-order valence-electron chi connectivity index (χ2n) is 10.4. The lowest BCUT2D eigenvalue weighted by molar-refractivity contribution is -0.124. The highest BCUT2D eigenvalue weighted by Crippen LogP contribution is 2.31. The summed E-state index contributed by atoms with van der Waals surface area (Å²) >= 11 is 5.41. The van der Waals surface area contributed by atoms with Gasteiger partial charge in [0.05, 0.1) is 45.7 Å². The molecule has 5 rings (SSSR count). The van der Waals surface area contributed by atoms with E-state index in [-0.39, 0.29) is 27.7 Å². The quantitative estimate of drug-likeness (QED) is 0.153. The summed E-state index contributed by atoms with van der Waals surface area (Å²) in [7, 11) is 1.70. The molecule has 0 radical (unpaired) electrons. The molecule has 1 aliphatic rings. The zero-order chi connectivity index (χ0) is 35.0. The van der Waals surface area contributed by atoms with Gasteiger partial charge in [-0.15, -0.1) is 11.3 Å². The molecule has 0 saturated carbocycles. The Morgan fingerprint density at radius 2 is 1.75 bits per heavy atom. The number of allylic oxidation sites excluding steroid dienone is 1. The third-order valence-electron chi connectivity index (χ3n) is 7.32. The van der Waals surface area contributed by atoms with Gasteiger partial charge in [-0.2, -0.15) is 0 Å². The number of amides is 3. The summed E-state index contributed by atoms with van der Waals surface area (Å²) in [5, 5.41) is 4.95. The van der Waals surface area contributed by atoms with Crippen LogP contribution in [0.15, 0.2) is 79.9 Å². The van der Waals surface area contributed by atoms with Gasteiger partial charge in [0.1, 0.15) is 0 Å². The molecule has 1 fully saturated rings.